The lowest BCUT2D eigenvalue weighted by Crippen LogP contribution is -2.47. The summed E-state index contributed by atoms with van der Waals surface area (Å²) in [6, 6.07) is 6.61. The van der Waals surface area contributed by atoms with Gasteiger partial charge < -0.3 is 25.1 Å². The summed E-state index contributed by atoms with van der Waals surface area (Å²) in [5.41, 5.74) is 9.01. The van der Waals surface area contributed by atoms with E-state index in [0.717, 1.165) is 49.3 Å². The van der Waals surface area contributed by atoms with Crippen LogP contribution in [0.15, 0.2) is 18.2 Å². The molecule has 0 aromatic heterocycles. The van der Waals surface area contributed by atoms with Crippen LogP contribution >= 0.6 is 0 Å². The number of nitrogens with zero attached hydrogens (tertiary/aromatic N) is 1. The summed E-state index contributed by atoms with van der Waals surface area (Å²) in [5, 5.41) is 3.81. The van der Waals surface area contributed by atoms with Gasteiger partial charge in [0.05, 0.1) is 18.0 Å². The number of benzene rings is 1. The van der Waals surface area contributed by atoms with Crippen molar-refractivity contribution in [2.24, 2.45) is 5.41 Å². The van der Waals surface area contributed by atoms with E-state index in [1.54, 1.807) is 0 Å². The summed E-state index contributed by atoms with van der Waals surface area (Å²) < 4.78 is 11.9. The van der Waals surface area contributed by atoms with Gasteiger partial charge in [-0.25, -0.2) is 4.79 Å². The van der Waals surface area contributed by atoms with E-state index in [1.165, 1.54) is 0 Å². The minimum absolute atomic E-state index is 0.189. The molecule has 1 saturated carbocycles. The van der Waals surface area contributed by atoms with Gasteiger partial charge in [0.25, 0.3) is 0 Å². The average molecular weight is 462 g/mol. The Morgan fingerprint density at radius 3 is 2.44 bits per heavy atom. The molecule has 1 aromatic rings. The van der Waals surface area contributed by atoms with E-state index in [0.29, 0.717) is 12.6 Å². The molecule has 1 heterocycles. The lowest BCUT2D eigenvalue weighted by atomic mass is 9.65. The Morgan fingerprint density at radius 2 is 1.88 bits per heavy atom. The molecule has 6 nitrogen and oxygen atoms in total. The van der Waals surface area contributed by atoms with Gasteiger partial charge in [0, 0.05) is 19.1 Å². The second-order valence-electron chi connectivity index (χ2n) is 12.4. The summed E-state index contributed by atoms with van der Waals surface area (Å²) in [6.45, 7) is 19.2. The van der Waals surface area contributed by atoms with Gasteiger partial charge in [-0.1, -0.05) is 26.8 Å². The topological polar surface area (TPSA) is 76.8 Å². The molecule has 1 saturated heterocycles. The predicted octanol–water partition coefficient (Wildman–Crippen LogP) is 5.99. The summed E-state index contributed by atoms with van der Waals surface area (Å²) in [6.07, 6.45) is 2.97. The SMILES string of the molecule is CC(C)(C)OC(=O)N1CC[C@]2(C1)C[C@H](Nc1ccc(CO[Si](C)(C)C(C)(C)C)cc1N)C2. The number of likely N-dealkylation sites (tertiary alicyclic amines) is 1. The van der Waals surface area contributed by atoms with Gasteiger partial charge in [0.2, 0.25) is 0 Å². The second-order valence-corrected chi connectivity index (χ2v) is 17.2. The molecule has 2 aliphatic rings. The Bertz CT molecular complexity index is 836. The van der Waals surface area contributed by atoms with Crippen LogP contribution in [0, 0.1) is 5.41 Å². The first-order valence-corrected chi connectivity index (χ1v) is 14.8. The third-order valence-corrected chi connectivity index (χ3v) is 11.8. The Balaban J connectivity index is 1.50. The second kappa shape index (κ2) is 8.56. The molecule has 1 aliphatic heterocycles. The number of hydrogen-bond donors (Lipinski definition) is 2. The molecular weight excluding hydrogens is 418 g/mol. The third kappa shape index (κ3) is 5.79. The molecule has 3 rings (SSSR count). The molecule has 0 unspecified atom stereocenters. The van der Waals surface area contributed by atoms with Crippen molar-refractivity contribution in [1.29, 1.82) is 0 Å². The van der Waals surface area contributed by atoms with E-state index in [9.17, 15) is 4.79 Å². The lowest BCUT2D eigenvalue weighted by molar-refractivity contribution is 0.0237. The number of nitrogen functional groups attached to an aromatic ring is 1. The van der Waals surface area contributed by atoms with Crippen molar-refractivity contribution in [1.82, 2.24) is 4.90 Å². The fourth-order valence-electron chi connectivity index (χ4n) is 4.37. The van der Waals surface area contributed by atoms with Crippen LogP contribution in [0.3, 0.4) is 0 Å². The highest BCUT2D eigenvalue weighted by molar-refractivity contribution is 6.74. The molecule has 0 radical (unpaired) electrons. The maximum atomic E-state index is 12.4. The normalized spacial score (nSPS) is 23.9. The van der Waals surface area contributed by atoms with Crippen LogP contribution in [-0.4, -0.2) is 44.0 Å². The van der Waals surface area contributed by atoms with Gasteiger partial charge in [-0.05, 0) is 81.3 Å². The zero-order chi connectivity index (χ0) is 23.9. The summed E-state index contributed by atoms with van der Waals surface area (Å²) in [5.74, 6) is 0. The number of carbonyl (C=O) groups is 1. The molecule has 1 spiro atoms. The van der Waals surface area contributed by atoms with Crippen molar-refractivity contribution in [2.75, 3.05) is 24.1 Å². The molecule has 0 bridgehead atoms. The molecule has 3 N–H and O–H groups in total. The van der Waals surface area contributed by atoms with Gasteiger partial charge in [0.1, 0.15) is 5.60 Å². The van der Waals surface area contributed by atoms with Crippen LogP contribution in [0.5, 0.6) is 0 Å². The minimum atomic E-state index is -1.78. The van der Waals surface area contributed by atoms with Gasteiger partial charge in [-0.3, -0.25) is 0 Å². The maximum Gasteiger partial charge on any atom is 0.410 e. The first kappa shape index (κ1) is 24.9. The maximum absolute atomic E-state index is 12.4. The molecule has 7 heteroatoms. The third-order valence-electron chi connectivity index (χ3n) is 7.33. The fraction of sp³-hybridized carbons (Fsp3) is 0.720. The highest BCUT2D eigenvalue weighted by Crippen LogP contribution is 2.49. The van der Waals surface area contributed by atoms with Crippen LogP contribution in [0.2, 0.25) is 18.1 Å². The number of amides is 1. The van der Waals surface area contributed by atoms with E-state index in [2.05, 4.69) is 51.3 Å². The molecular formula is C25H43N3O3Si. The van der Waals surface area contributed by atoms with E-state index in [1.807, 2.05) is 31.7 Å². The number of hydrogen-bond acceptors (Lipinski definition) is 5. The Hall–Kier alpha value is -1.73. The van der Waals surface area contributed by atoms with Crippen molar-refractivity contribution in [3.63, 3.8) is 0 Å². The van der Waals surface area contributed by atoms with E-state index < -0.39 is 13.9 Å². The quantitative estimate of drug-likeness (QED) is 0.416. The number of anilines is 2. The fourth-order valence-corrected chi connectivity index (χ4v) is 5.33. The first-order chi connectivity index (χ1) is 14.6. The first-order valence-electron chi connectivity index (χ1n) is 11.9. The zero-order valence-corrected chi connectivity index (χ0v) is 22.3. The van der Waals surface area contributed by atoms with Crippen LogP contribution < -0.4 is 11.1 Å². The standard InChI is InChI=1S/C25H43N3O3Si/c1-23(2,3)31-22(29)28-12-11-25(17-28)14-19(15-25)27-21-10-9-18(13-20(21)26)16-30-32(7,8)24(4,5)6/h9-10,13,19,27H,11-12,14-17,26H2,1-8H3/t19-,25-. The van der Waals surface area contributed by atoms with Crippen LogP contribution in [0.1, 0.15) is 66.4 Å². The molecule has 1 aromatic carbocycles. The molecule has 180 valence electrons. The Morgan fingerprint density at radius 1 is 1.22 bits per heavy atom. The molecule has 2 fully saturated rings. The number of nitrogens with two attached hydrogens (primary N) is 1. The lowest BCUT2D eigenvalue weighted by Gasteiger charge is -2.46. The van der Waals surface area contributed by atoms with E-state index >= 15 is 0 Å². The molecule has 0 atom stereocenters. The minimum Gasteiger partial charge on any atom is -0.444 e. The van der Waals surface area contributed by atoms with Crippen molar-refractivity contribution < 1.29 is 14.0 Å². The molecule has 32 heavy (non-hydrogen) atoms. The number of rotatable bonds is 5. The number of ether oxygens (including phenoxy) is 1. The van der Waals surface area contributed by atoms with Crippen LogP contribution in [-0.2, 0) is 15.8 Å². The summed E-state index contributed by atoms with van der Waals surface area (Å²) in [7, 11) is -1.78. The number of carbonyl (C=O) groups excluding carboxylic acids is 1. The number of nitrogens with one attached hydrogen (secondary N) is 1. The van der Waals surface area contributed by atoms with Gasteiger partial charge in [-0.2, -0.15) is 0 Å². The highest BCUT2D eigenvalue weighted by atomic mass is 28.4. The van der Waals surface area contributed by atoms with Crippen molar-refractivity contribution in [3.05, 3.63) is 23.8 Å². The summed E-state index contributed by atoms with van der Waals surface area (Å²) in [4.78, 5) is 14.2. The molecule has 1 aliphatic carbocycles. The van der Waals surface area contributed by atoms with Gasteiger partial charge in [0.15, 0.2) is 8.32 Å². The zero-order valence-electron chi connectivity index (χ0n) is 21.3. The van der Waals surface area contributed by atoms with Crippen molar-refractivity contribution >= 4 is 25.8 Å². The predicted molar refractivity (Wildman–Crippen MR) is 134 cm³/mol. The van der Waals surface area contributed by atoms with Crippen LogP contribution in [0.4, 0.5) is 16.2 Å². The van der Waals surface area contributed by atoms with E-state index in [-0.39, 0.29) is 16.5 Å². The molecule has 1 amide bonds. The Kier molecular flexibility index (Phi) is 6.66. The average Bonchev–Trinajstić information content (AvgIpc) is 3.05. The van der Waals surface area contributed by atoms with Gasteiger partial charge in [-0.15, -0.1) is 0 Å². The van der Waals surface area contributed by atoms with Crippen LogP contribution in [0.25, 0.3) is 0 Å². The van der Waals surface area contributed by atoms with Crippen molar-refractivity contribution in [3.8, 4) is 0 Å². The largest absolute Gasteiger partial charge is 0.444 e. The Labute approximate surface area is 195 Å². The highest BCUT2D eigenvalue weighted by Gasteiger charge is 2.50. The van der Waals surface area contributed by atoms with Gasteiger partial charge >= 0.3 is 6.09 Å². The van der Waals surface area contributed by atoms with E-state index in [4.69, 9.17) is 14.9 Å². The smallest absolute Gasteiger partial charge is 0.410 e. The summed E-state index contributed by atoms with van der Waals surface area (Å²) >= 11 is 0. The van der Waals surface area contributed by atoms with Crippen molar-refractivity contribution in [2.45, 2.75) is 97.2 Å². The monoisotopic (exact) mass is 461 g/mol.